The quantitative estimate of drug-likeness (QED) is 0.677. The molecule has 148 valence electrons. The summed E-state index contributed by atoms with van der Waals surface area (Å²) in [5.74, 6) is -0.445. The van der Waals surface area contributed by atoms with E-state index >= 15 is 0 Å². The zero-order valence-electron chi connectivity index (χ0n) is 15.3. The van der Waals surface area contributed by atoms with Gasteiger partial charge >= 0.3 is 6.18 Å². The minimum Gasteiger partial charge on any atom is -0.507 e. The van der Waals surface area contributed by atoms with Crippen molar-refractivity contribution in [3.63, 3.8) is 0 Å². The number of aromatic nitrogens is 3. The highest BCUT2D eigenvalue weighted by Gasteiger charge is 2.32. The SMILES string of the molecule is Cc1cc(C(F)(F)F)cc(O)c1-c1ccc2cn([C@H]3CCCOCC3)nc2n1. The second kappa shape index (κ2) is 7.09. The van der Waals surface area contributed by atoms with Crippen LogP contribution in [0.2, 0.25) is 0 Å². The number of benzene rings is 1. The fourth-order valence-electron chi connectivity index (χ4n) is 3.66. The van der Waals surface area contributed by atoms with E-state index < -0.39 is 17.5 Å². The molecule has 0 bridgehead atoms. The van der Waals surface area contributed by atoms with Crippen molar-refractivity contribution in [2.24, 2.45) is 0 Å². The van der Waals surface area contributed by atoms with Crippen LogP contribution in [-0.2, 0) is 10.9 Å². The summed E-state index contributed by atoms with van der Waals surface area (Å²) in [4.78, 5) is 4.49. The van der Waals surface area contributed by atoms with Crippen molar-refractivity contribution in [3.8, 4) is 17.0 Å². The number of rotatable bonds is 2. The van der Waals surface area contributed by atoms with E-state index in [2.05, 4.69) is 10.1 Å². The molecule has 1 saturated heterocycles. The molecule has 0 saturated carbocycles. The molecular formula is C20H20F3N3O2. The first kappa shape index (κ1) is 18.7. The number of aryl methyl sites for hydroxylation is 1. The van der Waals surface area contributed by atoms with Crippen LogP contribution in [0.15, 0.2) is 30.5 Å². The summed E-state index contributed by atoms with van der Waals surface area (Å²) in [5.41, 5.74) is 0.603. The van der Waals surface area contributed by atoms with Gasteiger partial charge in [-0.25, -0.2) is 4.98 Å². The molecule has 1 N–H and O–H groups in total. The molecule has 0 unspecified atom stereocenters. The largest absolute Gasteiger partial charge is 0.507 e. The maximum Gasteiger partial charge on any atom is 0.416 e. The van der Waals surface area contributed by atoms with E-state index in [9.17, 15) is 18.3 Å². The molecule has 0 amide bonds. The summed E-state index contributed by atoms with van der Waals surface area (Å²) in [5, 5.41) is 15.6. The first-order valence-electron chi connectivity index (χ1n) is 9.18. The lowest BCUT2D eigenvalue weighted by molar-refractivity contribution is -0.137. The number of aromatic hydroxyl groups is 1. The van der Waals surface area contributed by atoms with Gasteiger partial charge < -0.3 is 9.84 Å². The summed E-state index contributed by atoms with van der Waals surface area (Å²) >= 11 is 0. The maximum absolute atomic E-state index is 13.0. The van der Waals surface area contributed by atoms with Gasteiger partial charge in [0.25, 0.3) is 0 Å². The third-order valence-corrected chi connectivity index (χ3v) is 5.08. The molecule has 3 heterocycles. The van der Waals surface area contributed by atoms with Crippen LogP contribution in [-0.4, -0.2) is 33.1 Å². The van der Waals surface area contributed by atoms with E-state index in [-0.39, 0.29) is 11.6 Å². The van der Waals surface area contributed by atoms with Crippen molar-refractivity contribution < 1.29 is 23.0 Å². The van der Waals surface area contributed by atoms with Crippen LogP contribution in [0.5, 0.6) is 5.75 Å². The second-order valence-corrected chi connectivity index (χ2v) is 7.10. The summed E-state index contributed by atoms with van der Waals surface area (Å²) in [6.07, 6.45) is 0.235. The van der Waals surface area contributed by atoms with E-state index in [0.29, 0.717) is 23.5 Å². The second-order valence-electron chi connectivity index (χ2n) is 7.10. The highest BCUT2D eigenvalue weighted by Crippen LogP contribution is 2.38. The van der Waals surface area contributed by atoms with E-state index in [4.69, 9.17) is 4.74 Å². The fraction of sp³-hybridized carbons (Fsp3) is 0.400. The van der Waals surface area contributed by atoms with Crippen LogP contribution >= 0.6 is 0 Å². The van der Waals surface area contributed by atoms with Gasteiger partial charge in [-0.15, -0.1) is 0 Å². The van der Waals surface area contributed by atoms with Crippen LogP contribution in [0, 0.1) is 6.92 Å². The Morgan fingerprint density at radius 1 is 1.18 bits per heavy atom. The number of halogens is 3. The number of phenolic OH excluding ortho intramolecular Hbond substituents is 1. The smallest absolute Gasteiger partial charge is 0.416 e. The Morgan fingerprint density at radius 2 is 2.00 bits per heavy atom. The molecule has 4 rings (SSSR count). The van der Waals surface area contributed by atoms with E-state index in [0.717, 1.165) is 43.4 Å². The van der Waals surface area contributed by atoms with Crippen LogP contribution in [0.4, 0.5) is 13.2 Å². The maximum atomic E-state index is 13.0. The molecule has 1 fully saturated rings. The molecule has 0 spiro atoms. The Balaban J connectivity index is 1.72. The molecule has 8 heteroatoms. The van der Waals surface area contributed by atoms with E-state index in [1.807, 2.05) is 16.9 Å². The molecule has 0 aliphatic carbocycles. The third-order valence-electron chi connectivity index (χ3n) is 5.08. The van der Waals surface area contributed by atoms with Gasteiger partial charge in [0, 0.05) is 30.4 Å². The van der Waals surface area contributed by atoms with Crippen molar-refractivity contribution in [3.05, 3.63) is 41.6 Å². The minimum absolute atomic E-state index is 0.237. The summed E-state index contributed by atoms with van der Waals surface area (Å²) in [7, 11) is 0. The van der Waals surface area contributed by atoms with Crippen LogP contribution in [0.1, 0.15) is 36.4 Å². The average molecular weight is 391 g/mol. The standard InChI is InChI=1S/C20H20F3N3O2/c1-12-9-14(20(21,22)23)10-17(27)18(12)16-5-4-13-11-26(25-19(13)24-16)15-3-2-7-28-8-6-15/h4-5,9-11,15,27H,2-3,6-8H2,1H3/t15-/m0/s1. The van der Waals surface area contributed by atoms with Gasteiger partial charge in [-0.1, -0.05) is 0 Å². The average Bonchev–Trinajstić information content (AvgIpc) is 2.85. The molecule has 3 aromatic rings. The third kappa shape index (κ3) is 3.56. The lowest BCUT2D eigenvalue weighted by Crippen LogP contribution is -2.09. The minimum atomic E-state index is -4.51. The lowest BCUT2D eigenvalue weighted by atomic mass is 10.00. The van der Waals surface area contributed by atoms with E-state index in [1.54, 1.807) is 6.07 Å². The Labute approximate surface area is 159 Å². The highest BCUT2D eigenvalue weighted by atomic mass is 19.4. The number of fused-ring (bicyclic) bond motifs is 1. The Hall–Kier alpha value is -2.61. The van der Waals surface area contributed by atoms with Gasteiger partial charge in [0.05, 0.1) is 17.3 Å². The van der Waals surface area contributed by atoms with Crippen LogP contribution < -0.4 is 0 Å². The van der Waals surface area contributed by atoms with Gasteiger partial charge in [0.2, 0.25) is 0 Å². The molecule has 0 radical (unpaired) electrons. The van der Waals surface area contributed by atoms with Gasteiger partial charge in [0.15, 0.2) is 5.65 Å². The van der Waals surface area contributed by atoms with Gasteiger partial charge in [-0.05, 0) is 56.0 Å². The van der Waals surface area contributed by atoms with Crippen molar-refractivity contribution in [1.29, 1.82) is 0 Å². The first-order valence-corrected chi connectivity index (χ1v) is 9.18. The number of pyridine rings is 1. The molecular weight excluding hydrogens is 371 g/mol. The van der Waals surface area contributed by atoms with E-state index in [1.165, 1.54) is 6.92 Å². The Morgan fingerprint density at radius 3 is 2.75 bits per heavy atom. The molecule has 5 nitrogen and oxygen atoms in total. The Bertz CT molecular complexity index is 983. The monoisotopic (exact) mass is 391 g/mol. The number of alkyl halides is 3. The van der Waals surface area contributed by atoms with Gasteiger partial charge in [-0.2, -0.15) is 18.3 Å². The molecule has 2 aromatic heterocycles. The first-order chi connectivity index (χ1) is 13.3. The van der Waals surface area contributed by atoms with Crippen molar-refractivity contribution in [2.75, 3.05) is 13.2 Å². The number of phenols is 1. The summed E-state index contributed by atoms with van der Waals surface area (Å²) < 4.78 is 46.2. The summed E-state index contributed by atoms with van der Waals surface area (Å²) in [6, 6.07) is 5.51. The molecule has 1 aliphatic rings. The zero-order valence-corrected chi connectivity index (χ0v) is 15.3. The molecule has 1 aliphatic heterocycles. The highest BCUT2D eigenvalue weighted by molar-refractivity contribution is 5.80. The van der Waals surface area contributed by atoms with Crippen LogP contribution in [0.25, 0.3) is 22.3 Å². The van der Waals surface area contributed by atoms with Gasteiger partial charge in [0.1, 0.15) is 5.75 Å². The van der Waals surface area contributed by atoms with Crippen molar-refractivity contribution in [1.82, 2.24) is 14.8 Å². The fourth-order valence-corrected chi connectivity index (χ4v) is 3.66. The lowest BCUT2D eigenvalue weighted by Gasteiger charge is -2.13. The number of hydrogen-bond donors (Lipinski definition) is 1. The zero-order chi connectivity index (χ0) is 19.9. The topological polar surface area (TPSA) is 60.2 Å². The van der Waals surface area contributed by atoms with Crippen molar-refractivity contribution >= 4 is 11.0 Å². The Kier molecular flexibility index (Phi) is 4.74. The van der Waals surface area contributed by atoms with Gasteiger partial charge in [-0.3, -0.25) is 4.68 Å². The van der Waals surface area contributed by atoms with Crippen LogP contribution in [0.3, 0.4) is 0 Å². The predicted molar refractivity (Wildman–Crippen MR) is 98.1 cm³/mol. The molecule has 1 atom stereocenters. The normalized spacial score (nSPS) is 18.4. The molecule has 1 aromatic carbocycles. The number of ether oxygens (including phenoxy) is 1. The number of nitrogens with zero attached hydrogens (tertiary/aromatic N) is 3. The predicted octanol–water partition coefficient (Wildman–Crippen LogP) is 4.87. The molecule has 28 heavy (non-hydrogen) atoms. The summed E-state index contributed by atoms with van der Waals surface area (Å²) in [6.45, 7) is 2.98. The number of hydrogen-bond acceptors (Lipinski definition) is 4. The van der Waals surface area contributed by atoms with Crippen molar-refractivity contribution in [2.45, 2.75) is 38.4 Å².